The number of hydrogen-bond donors (Lipinski definition) is 0. The summed E-state index contributed by atoms with van der Waals surface area (Å²) in [6, 6.07) is 18.1. The number of hydrogen-bond acceptors (Lipinski definition) is 9. The van der Waals surface area contributed by atoms with Gasteiger partial charge < -0.3 is 33.5 Å². The first-order valence-electron chi connectivity index (χ1n) is 18.4. The number of fused-ring (bicyclic) bond motifs is 1. The van der Waals surface area contributed by atoms with E-state index in [1.807, 2.05) is 0 Å². The minimum Gasteiger partial charge on any atom is -0.496 e. The summed E-state index contributed by atoms with van der Waals surface area (Å²) in [5, 5.41) is 2.43. The molecular weight excluding hydrogens is 632 g/mol. The predicted octanol–water partition coefficient (Wildman–Crippen LogP) is 7.22. The molecule has 0 aromatic heterocycles. The molecule has 0 bridgehead atoms. The van der Waals surface area contributed by atoms with E-state index in [0.717, 1.165) is 71.6 Å². The largest absolute Gasteiger partial charge is 0.496 e. The second-order valence-electron chi connectivity index (χ2n) is 13.1. The van der Waals surface area contributed by atoms with Gasteiger partial charge in [-0.15, -0.1) is 0 Å². The van der Waals surface area contributed by atoms with Gasteiger partial charge in [-0.25, -0.2) is 0 Å². The molecule has 5 rings (SSSR count). The maximum atomic E-state index is 12.9. The fourth-order valence-electron chi connectivity index (χ4n) is 6.95. The number of likely N-dealkylation sites (tertiary alicyclic amines) is 1. The Labute approximate surface area is 299 Å². The van der Waals surface area contributed by atoms with Crippen LogP contribution in [0.25, 0.3) is 10.8 Å². The van der Waals surface area contributed by atoms with Crippen LogP contribution in [0.5, 0.6) is 17.2 Å². The lowest BCUT2D eigenvalue weighted by atomic mass is 9.90. The second-order valence-corrected chi connectivity index (χ2v) is 13.1. The number of nitrogens with zero attached hydrogens (tertiary/aromatic N) is 2. The van der Waals surface area contributed by atoms with Crippen molar-refractivity contribution in [2.24, 2.45) is 5.92 Å². The number of ketones is 1. The molecule has 2 aliphatic rings. The summed E-state index contributed by atoms with van der Waals surface area (Å²) in [7, 11) is 4.68. The molecule has 2 heterocycles. The number of likely N-dealkylation sites (N-methyl/N-ethyl adjacent to an activating group) is 1. The van der Waals surface area contributed by atoms with Gasteiger partial charge in [-0.2, -0.15) is 0 Å². The highest BCUT2D eigenvalue weighted by molar-refractivity contribution is 6.01. The van der Waals surface area contributed by atoms with Gasteiger partial charge in [0.05, 0.1) is 33.4 Å². The Balaban J connectivity index is 0.000000232. The van der Waals surface area contributed by atoms with Crippen LogP contribution in [-0.4, -0.2) is 101 Å². The third kappa shape index (κ3) is 11.4. The molecule has 0 amide bonds. The van der Waals surface area contributed by atoms with Crippen molar-refractivity contribution in [2.45, 2.75) is 71.3 Å². The maximum Gasteiger partial charge on any atom is 0.309 e. The van der Waals surface area contributed by atoms with Crippen LogP contribution in [0.4, 0.5) is 0 Å². The third-order valence-electron chi connectivity index (χ3n) is 9.87. The Morgan fingerprint density at radius 1 is 0.920 bits per heavy atom. The van der Waals surface area contributed by atoms with Crippen LogP contribution in [0, 0.1) is 5.92 Å². The molecule has 0 radical (unpaired) electrons. The summed E-state index contributed by atoms with van der Waals surface area (Å²) in [6.07, 6.45) is 7.64. The van der Waals surface area contributed by atoms with Crippen LogP contribution in [-0.2, 0) is 20.7 Å². The molecule has 2 atom stereocenters. The second kappa shape index (κ2) is 20.9. The highest BCUT2D eigenvalue weighted by Gasteiger charge is 2.28. The highest BCUT2D eigenvalue weighted by Crippen LogP contribution is 2.35. The van der Waals surface area contributed by atoms with E-state index in [4.69, 9.17) is 23.7 Å². The summed E-state index contributed by atoms with van der Waals surface area (Å²) in [5.74, 6) is 1.42. The zero-order valence-electron chi connectivity index (χ0n) is 30.9. The molecule has 9 heteroatoms. The van der Waals surface area contributed by atoms with Gasteiger partial charge >= 0.3 is 5.97 Å². The normalized spacial score (nSPS) is 16.6. The molecule has 0 N–H and O–H groups in total. The van der Waals surface area contributed by atoms with Gasteiger partial charge in [-0.3, -0.25) is 9.59 Å². The van der Waals surface area contributed by atoms with Crippen molar-refractivity contribution in [3.05, 3.63) is 65.7 Å². The van der Waals surface area contributed by atoms with Gasteiger partial charge in [-0.1, -0.05) is 56.3 Å². The van der Waals surface area contributed by atoms with Crippen molar-refractivity contribution in [3.63, 3.8) is 0 Å². The number of carbonyl (C=O) groups is 2. The van der Waals surface area contributed by atoms with E-state index in [2.05, 4.69) is 66.1 Å². The van der Waals surface area contributed by atoms with Crippen LogP contribution in [0.2, 0.25) is 0 Å². The lowest BCUT2D eigenvalue weighted by Gasteiger charge is -2.22. The summed E-state index contributed by atoms with van der Waals surface area (Å²) in [6.45, 7) is 11.6. The molecule has 50 heavy (non-hydrogen) atoms. The van der Waals surface area contributed by atoms with Crippen LogP contribution in [0.1, 0.15) is 74.7 Å². The van der Waals surface area contributed by atoms with Crippen LogP contribution < -0.4 is 14.2 Å². The molecule has 2 fully saturated rings. The van der Waals surface area contributed by atoms with E-state index in [0.29, 0.717) is 42.3 Å². The molecular formula is C41H58N2O7. The lowest BCUT2D eigenvalue weighted by Crippen LogP contribution is -2.30. The predicted molar refractivity (Wildman–Crippen MR) is 199 cm³/mol. The Kier molecular flexibility index (Phi) is 16.3. The maximum absolute atomic E-state index is 12.9. The Bertz CT molecular complexity index is 1450. The van der Waals surface area contributed by atoms with Gasteiger partial charge in [0.1, 0.15) is 29.4 Å². The van der Waals surface area contributed by atoms with Crippen molar-refractivity contribution in [3.8, 4) is 17.2 Å². The summed E-state index contributed by atoms with van der Waals surface area (Å²) < 4.78 is 27.4. The zero-order valence-corrected chi connectivity index (χ0v) is 30.9. The van der Waals surface area contributed by atoms with Crippen molar-refractivity contribution >= 4 is 22.5 Å². The summed E-state index contributed by atoms with van der Waals surface area (Å²) in [5.41, 5.74) is 1.72. The SMILES string of the molecule is CCN(CC)CCOC(=O)C(Cc1cccc2ccccc12)CC1CCCO1.COc1cc(OC)c(C(=O)CCCN2CCCC2)c(OC)c1. The molecule has 274 valence electrons. The third-order valence-corrected chi connectivity index (χ3v) is 9.87. The number of benzene rings is 3. The van der Waals surface area contributed by atoms with Gasteiger partial charge in [0.15, 0.2) is 5.78 Å². The van der Waals surface area contributed by atoms with E-state index in [9.17, 15) is 9.59 Å². The van der Waals surface area contributed by atoms with Crippen molar-refractivity contribution < 1.29 is 33.3 Å². The Hall–Kier alpha value is -3.66. The first kappa shape index (κ1) is 39.1. The van der Waals surface area contributed by atoms with Gasteiger partial charge in [0.2, 0.25) is 0 Å². The quantitative estimate of drug-likeness (QED) is 0.101. The van der Waals surface area contributed by atoms with Gasteiger partial charge in [0, 0.05) is 31.7 Å². The fraction of sp³-hybridized carbons (Fsp3) is 0.561. The fourth-order valence-corrected chi connectivity index (χ4v) is 6.95. The highest BCUT2D eigenvalue weighted by atomic mass is 16.5. The lowest BCUT2D eigenvalue weighted by molar-refractivity contribution is -0.150. The minimum absolute atomic E-state index is 0.0514. The van der Waals surface area contributed by atoms with E-state index >= 15 is 0 Å². The van der Waals surface area contributed by atoms with E-state index < -0.39 is 0 Å². The van der Waals surface area contributed by atoms with Gasteiger partial charge in [-0.05, 0) is 94.0 Å². The average molecular weight is 691 g/mol. The number of ether oxygens (including phenoxy) is 5. The number of methoxy groups -OCH3 is 3. The molecule has 0 spiro atoms. The van der Waals surface area contributed by atoms with E-state index in [-0.39, 0.29) is 23.8 Å². The Morgan fingerprint density at radius 2 is 1.62 bits per heavy atom. The topological polar surface area (TPSA) is 86.8 Å². The van der Waals surface area contributed by atoms with Crippen molar-refractivity contribution in [1.82, 2.24) is 9.80 Å². The molecule has 2 aliphatic heterocycles. The smallest absolute Gasteiger partial charge is 0.309 e. The minimum atomic E-state index is -0.161. The van der Waals surface area contributed by atoms with Crippen LogP contribution in [0.3, 0.4) is 0 Å². The number of esters is 1. The van der Waals surface area contributed by atoms with Gasteiger partial charge in [0.25, 0.3) is 0 Å². The average Bonchev–Trinajstić information content (AvgIpc) is 3.88. The molecule has 0 aliphatic carbocycles. The number of carbonyl (C=O) groups excluding carboxylic acids is 2. The molecule has 3 aromatic rings. The van der Waals surface area contributed by atoms with Crippen LogP contribution in [0.15, 0.2) is 54.6 Å². The molecule has 2 saturated heterocycles. The van der Waals surface area contributed by atoms with E-state index in [1.54, 1.807) is 33.5 Å². The monoisotopic (exact) mass is 690 g/mol. The molecule has 9 nitrogen and oxygen atoms in total. The number of Topliss-reactive ketones (excluding diaryl/α,β-unsaturated/α-hetero) is 1. The van der Waals surface area contributed by atoms with E-state index in [1.165, 1.54) is 29.2 Å². The summed E-state index contributed by atoms with van der Waals surface area (Å²) >= 11 is 0. The Morgan fingerprint density at radius 3 is 2.26 bits per heavy atom. The molecule has 0 saturated carbocycles. The van der Waals surface area contributed by atoms with Crippen molar-refractivity contribution in [2.75, 3.05) is 73.8 Å². The first-order chi connectivity index (χ1) is 24.4. The first-order valence-corrected chi connectivity index (χ1v) is 18.4. The summed E-state index contributed by atoms with van der Waals surface area (Å²) in [4.78, 5) is 30.2. The molecule has 2 unspecified atom stereocenters. The zero-order chi connectivity index (χ0) is 35.7. The standard InChI is InChI=1S/C24H33NO3.C17H25NO4/c1-3-25(4-2)14-16-28-24(26)21(18-22-12-8-15-27-22)17-20-11-7-10-19-9-5-6-13-23(19)20;1-20-13-11-15(21-2)17(16(12-13)22-3)14(19)7-6-10-18-8-4-5-9-18/h5-7,9-11,13,21-22H,3-4,8,12,14-18H2,1-2H3;11-12H,4-10H2,1-3H3. The van der Waals surface area contributed by atoms with Crippen molar-refractivity contribution in [1.29, 1.82) is 0 Å². The molecule has 3 aromatic carbocycles. The number of rotatable bonds is 18. The van der Waals surface area contributed by atoms with Crippen LogP contribution >= 0.6 is 0 Å².